The van der Waals surface area contributed by atoms with Crippen molar-refractivity contribution >= 4 is 23.9 Å². The first-order valence-corrected chi connectivity index (χ1v) is 8.20. The Labute approximate surface area is 161 Å². The summed E-state index contributed by atoms with van der Waals surface area (Å²) in [4.78, 5) is 38.6. The van der Waals surface area contributed by atoms with Gasteiger partial charge < -0.3 is 20.4 Å². The third-order valence-electron chi connectivity index (χ3n) is 2.99. The number of hydrogen-bond acceptors (Lipinski definition) is 4. The van der Waals surface area contributed by atoms with Crippen LogP contribution in [-0.2, 0) is 19.2 Å². The number of carbonyl (C=O) groups is 4. The Morgan fingerprint density at radius 3 is 0.857 bits per heavy atom. The van der Waals surface area contributed by atoms with E-state index in [1.165, 1.54) is 11.1 Å². The van der Waals surface area contributed by atoms with Crippen LogP contribution in [0.4, 0.5) is 0 Å². The largest absolute Gasteiger partial charge is 0.481 e. The second kappa shape index (κ2) is 14.5. The lowest BCUT2D eigenvalue weighted by Crippen LogP contribution is -2.00. The average Bonchev–Trinajstić information content (AvgIpc) is 2.67. The van der Waals surface area contributed by atoms with Crippen molar-refractivity contribution in [3.05, 3.63) is 60.7 Å². The van der Waals surface area contributed by atoms with Crippen LogP contribution in [0.5, 0.6) is 0 Å². The molecule has 0 spiro atoms. The molecule has 0 unspecified atom stereocenters. The minimum atomic E-state index is -1.08. The molecular formula is C20H22O8. The molecule has 8 nitrogen and oxygen atoms in total. The molecule has 0 aliphatic carbocycles. The lowest BCUT2D eigenvalue weighted by atomic mass is 10.1. The maximum atomic E-state index is 9.64. The van der Waals surface area contributed by atoms with Crippen LogP contribution in [0.25, 0.3) is 11.1 Å². The van der Waals surface area contributed by atoms with Crippen LogP contribution in [0.3, 0.4) is 0 Å². The zero-order valence-corrected chi connectivity index (χ0v) is 15.0. The summed E-state index contributed by atoms with van der Waals surface area (Å²) in [5.41, 5.74) is 2.55. The monoisotopic (exact) mass is 390 g/mol. The van der Waals surface area contributed by atoms with Gasteiger partial charge in [0.1, 0.15) is 0 Å². The molecule has 0 saturated carbocycles. The Balaban J connectivity index is 0.000000408. The van der Waals surface area contributed by atoms with Crippen molar-refractivity contribution in [2.24, 2.45) is 0 Å². The van der Waals surface area contributed by atoms with E-state index in [-0.39, 0.29) is 25.7 Å². The fourth-order valence-corrected chi connectivity index (χ4v) is 1.69. The number of benzene rings is 2. The van der Waals surface area contributed by atoms with Crippen LogP contribution >= 0.6 is 0 Å². The minimum absolute atomic E-state index is 0.296. The molecule has 0 saturated heterocycles. The van der Waals surface area contributed by atoms with Gasteiger partial charge in [-0.15, -0.1) is 0 Å². The summed E-state index contributed by atoms with van der Waals surface area (Å²) >= 11 is 0. The normalized spacial score (nSPS) is 9.00. The quantitative estimate of drug-likeness (QED) is 0.563. The molecule has 0 fully saturated rings. The van der Waals surface area contributed by atoms with Crippen LogP contribution in [0.1, 0.15) is 25.7 Å². The first kappa shape index (κ1) is 24.3. The Kier molecular flexibility index (Phi) is 12.6. The van der Waals surface area contributed by atoms with Crippen molar-refractivity contribution in [2.75, 3.05) is 0 Å². The Morgan fingerprint density at radius 2 is 0.679 bits per heavy atom. The van der Waals surface area contributed by atoms with Crippen LogP contribution in [0.2, 0.25) is 0 Å². The number of aliphatic carboxylic acids is 4. The lowest BCUT2D eigenvalue weighted by Gasteiger charge is -1.98. The van der Waals surface area contributed by atoms with E-state index in [1.807, 2.05) is 12.1 Å². The minimum Gasteiger partial charge on any atom is -0.481 e. The smallest absolute Gasteiger partial charge is 0.303 e. The average molecular weight is 390 g/mol. The zero-order valence-electron chi connectivity index (χ0n) is 15.0. The predicted octanol–water partition coefficient (Wildman–Crippen LogP) is 3.23. The van der Waals surface area contributed by atoms with Gasteiger partial charge in [-0.05, 0) is 11.1 Å². The standard InChI is InChI=1S/C12H10.2C4H6O4/c1-3-7-11(8-4-1)12-9-5-2-6-10-12;2*5-3(6)1-2-4(7)8/h1-10H;2*1-2H2,(H,5,6)(H,7,8). The van der Waals surface area contributed by atoms with Crippen LogP contribution in [0.15, 0.2) is 60.7 Å². The summed E-state index contributed by atoms with van der Waals surface area (Å²) in [5, 5.41) is 31.6. The maximum absolute atomic E-state index is 9.64. The van der Waals surface area contributed by atoms with E-state index in [0.29, 0.717) is 0 Å². The van der Waals surface area contributed by atoms with Gasteiger partial charge in [-0.25, -0.2) is 0 Å². The highest BCUT2D eigenvalue weighted by molar-refractivity contribution is 5.75. The van der Waals surface area contributed by atoms with Crippen LogP contribution < -0.4 is 0 Å². The first-order chi connectivity index (χ1) is 13.2. The van der Waals surface area contributed by atoms with Gasteiger partial charge in [0.25, 0.3) is 0 Å². The second-order valence-corrected chi connectivity index (χ2v) is 5.31. The van der Waals surface area contributed by atoms with E-state index < -0.39 is 23.9 Å². The molecule has 8 heteroatoms. The van der Waals surface area contributed by atoms with E-state index >= 15 is 0 Å². The molecule has 2 rings (SSSR count). The van der Waals surface area contributed by atoms with Crippen molar-refractivity contribution in [3.63, 3.8) is 0 Å². The van der Waals surface area contributed by atoms with Gasteiger partial charge in [-0.2, -0.15) is 0 Å². The van der Waals surface area contributed by atoms with Gasteiger partial charge in [0, 0.05) is 0 Å². The predicted molar refractivity (Wildman–Crippen MR) is 101 cm³/mol. The Morgan fingerprint density at radius 1 is 0.464 bits per heavy atom. The van der Waals surface area contributed by atoms with Gasteiger partial charge in [0.2, 0.25) is 0 Å². The highest BCUT2D eigenvalue weighted by atomic mass is 16.4. The van der Waals surface area contributed by atoms with E-state index in [4.69, 9.17) is 20.4 Å². The van der Waals surface area contributed by atoms with Crippen molar-refractivity contribution in [1.29, 1.82) is 0 Å². The highest BCUT2D eigenvalue weighted by Gasteiger charge is 2.01. The van der Waals surface area contributed by atoms with Crippen LogP contribution in [0, 0.1) is 0 Å². The van der Waals surface area contributed by atoms with Gasteiger partial charge in [0.05, 0.1) is 25.7 Å². The SMILES string of the molecule is O=C(O)CCC(=O)O.O=C(O)CCC(=O)O.c1ccc(-c2ccccc2)cc1. The molecule has 4 N–H and O–H groups in total. The van der Waals surface area contributed by atoms with Gasteiger partial charge in [-0.1, -0.05) is 60.7 Å². The summed E-state index contributed by atoms with van der Waals surface area (Å²) < 4.78 is 0. The molecule has 2 aromatic carbocycles. The lowest BCUT2D eigenvalue weighted by molar-refractivity contribution is -0.143. The number of carboxylic acid groups (broad SMARTS) is 4. The molecule has 150 valence electrons. The van der Waals surface area contributed by atoms with Gasteiger partial charge in [-0.3, -0.25) is 19.2 Å². The second-order valence-electron chi connectivity index (χ2n) is 5.31. The molecule has 0 amide bonds. The summed E-state index contributed by atoms with van der Waals surface area (Å²) in [6.45, 7) is 0. The van der Waals surface area contributed by atoms with E-state index in [1.54, 1.807) is 0 Å². The van der Waals surface area contributed by atoms with Gasteiger partial charge >= 0.3 is 23.9 Å². The fourth-order valence-electron chi connectivity index (χ4n) is 1.69. The van der Waals surface area contributed by atoms with E-state index in [9.17, 15) is 19.2 Å². The molecule has 0 radical (unpaired) electrons. The Bertz CT molecular complexity index is 648. The molecule has 0 aliphatic rings. The number of rotatable bonds is 7. The topological polar surface area (TPSA) is 149 Å². The summed E-state index contributed by atoms with van der Waals surface area (Å²) in [7, 11) is 0. The summed E-state index contributed by atoms with van der Waals surface area (Å²) in [5.74, 6) is -4.31. The fraction of sp³-hybridized carbons (Fsp3) is 0.200. The molecular weight excluding hydrogens is 368 g/mol. The molecule has 0 aromatic heterocycles. The van der Waals surface area contributed by atoms with Crippen molar-refractivity contribution < 1.29 is 39.6 Å². The summed E-state index contributed by atoms with van der Waals surface area (Å²) in [6.07, 6.45) is -1.19. The van der Waals surface area contributed by atoms with Crippen molar-refractivity contribution in [3.8, 4) is 11.1 Å². The molecule has 0 aliphatic heterocycles. The van der Waals surface area contributed by atoms with E-state index in [2.05, 4.69) is 48.5 Å². The van der Waals surface area contributed by atoms with Gasteiger partial charge in [0.15, 0.2) is 0 Å². The van der Waals surface area contributed by atoms with E-state index in [0.717, 1.165) is 0 Å². The molecule has 0 heterocycles. The number of carboxylic acids is 4. The Hall–Kier alpha value is -3.68. The molecule has 28 heavy (non-hydrogen) atoms. The molecule has 2 aromatic rings. The third-order valence-corrected chi connectivity index (χ3v) is 2.99. The molecule has 0 bridgehead atoms. The highest BCUT2D eigenvalue weighted by Crippen LogP contribution is 2.17. The summed E-state index contributed by atoms with van der Waals surface area (Å²) in [6, 6.07) is 20.8. The molecule has 0 atom stereocenters. The number of hydrogen-bond donors (Lipinski definition) is 4. The maximum Gasteiger partial charge on any atom is 0.303 e. The van der Waals surface area contributed by atoms with Crippen molar-refractivity contribution in [1.82, 2.24) is 0 Å². The van der Waals surface area contributed by atoms with Crippen molar-refractivity contribution in [2.45, 2.75) is 25.7 Å². The first-order valence-electron chi connectivity index (χ1n) is 8.20. The zero-order chi connectivity index (χ0) is 21.4. The third kappa shape index (κ3) is 14.6. The van der Waals surface area contributed by atoms with Crippen LogP contribution in [-0.4, -0.2) is 44.3 Å².